The molecule has 7 nitrogen and oxygen atoms in total. The van der Waals surface area contributed by atoms with Gasteiger partial charge in [-0.3, -0.25) is 9.59 Å². The summed E-state index contributed by atoms with van der Waals surface area (Å²) in [6, 6.07) is 4.48. The lowest BCUT2D eigenvalue weighted by Gasteiger charge is -2.16. The van der Waals surface area contributed by atoms with E-state index in [9.17, 15) is 23.1 Å². The molecule has 8 heteroatoms. The van der Waals surface area contributed by atoms with Crippen molar-refractivity contribution in [2.75, 3.05) is 10.8 Å². The van der Waals surface area contributed by atoms with Gasteiger partial charge in [0.15, 0.2) is 0 Å². The largest absolute Gasteiger partial charge is 0.506 e. The fraction of sp³-hybridized carbons (Fsp3) is 0.385. The Hall–Kier alpha value is -2.09. The van der Waals surface area contributed by atoms with E-state index >= 15 is 0 Å². The molecule has 0 aromatic heterocycles. The second-order valence-corrected chi connectivity index (χ2v) is 6.35. The van der Waals surface area contributed by atoms with Gasteiger partial charge in [0.2, 0.25) is 0 Å². The Morgan fingerprint density at radius 2 is 2.14 bits per heavy atom. The fourth-order valence-corrected chi connectivity index (χ4v) is 3.22. The number of nitrogens with one attached hydrogen (secondary N) is 1. The monoisotopic (exact) mass is 312 g/mol. The molecule has 2 N–H and O–H groups in total. The molecule has 2 rings (SSSR count). The van der Waals surface area contributed by atoms with Crippen molar-refractivity contribution in [3.8, 4) is 5.75 Å². The number of phenolic OH excluding ortho intramolecular Hbond substituents is 1. The van der Waals surface area contributed by atoms with Gasteiger partial charge in [-0.1, -0.05) is 13.0 Å². The van der Waals surface area contributed by atoms with Crippen LogP contribution in [0.2, 0.25) is 0 Å². The average molecular weight is 312 g/mol. The summed E-state index contributed by atoms with van der Waals surface area (Å²) >= 11 is 0. The second kappa shape index (κ2) is 5.72. The highest BCUT2D eigenvalue weighted by molar-refractivity contribution is 7.92. The van der Waals surface area contributed by atoms with E-state index in [-0.39, 0.29) is 23.8 Å². The lowest BCUT2D eigenvalue weighted by molar-refractivity contribution is -0.119. The number of hydrogen-bond donors (Lipinski definition) is 2. The van der Waals surface area contributed by atoms with Crippen LogP contribution in [0.5, 0.6) is 5.75 Å². The maximum atomic E-state index is 11.7. The molecule has 1 amide bonds. The summed E-state index contributed by atoms with van der Waals surface area (Å²) in [5, 5.41) is 9.96. The minimum absolute atomic E-state index is 0.0407. The molecule has 0 unspecified atom stereocenters. The van der Waals surface area contributed by atoms with Gasteiger partial charge in [-0.05, 0) is 24.1 Å². The highest BCUT2D eigenvalue weighted by Gasteiger charge is 2.35. The van der Waals surface area contributed by atoms with Crippen LogP contribution in [0.25, 0.3) is 0 Å². The zero-order valence-corrected chi connectivity index (χ0v) is 12.3. The van der Waals surface area contributed by atoms with Crippen molar-refractivity contribution < 1.29 is 23.1 Å². The van der Waals surface area contributed by atoms with E-state index in [2.05, 4.69) is 0 Å². The number of carbonyl (C=O) groups excluding carboxylic acids is 2. The molecule has 1 aliphatic heterocycles. The molecule has 21 heavy (non-hydrogen) atoms. The van der Waals surface area contributed by atoms with Crippen molar-refractivity contribution in [3.63, 3.8) is 0 Å². The number of benzene rings is 1. The number of ketones is 1. The van der Waals surface area contributed by atoms with Gasteiger partial charge in [0, 0.05) is 12.8 Å². The van der Waals surface area contributed by atoms with Crippen LogP contribution in [0.1, 0.15) is 25.3 Å². The Kier molecular flexibility index (Phi) is 4.17. The molecule has 0 aliphatic carbocycles. The molecule has 0 atom stereocenters. The van der Waals surface area contributed by atoms with Gasteiger partial charge in [-0.15, -0.1) is 0 Å². The first-order valence-electron chi connectivity index (χ1n) is 6.50. The lowest BCUT2D eigenvalue weighted by Crippen LogP contribution is -2.29. The topological polar surface area (TPSA) is 104 Å². The van der Waals surface area contributed by atoms with Crippen LogP contribution in [0.15, 0.2) is 18.2 Å². The number of amides is 1. The third-order valence-corrected chi connectivity index (χ3v) is 4.61. The van der Waals surface area contributed by atoms with Crippen LogP contribution in [-0.4, -0.2) is 31.8 Å². The van der Waals surface area contributed by atoms with Gasteiger partial charge in [0.1, 0.15) is 18.1 Å². The molecule has 1 fully saturated rings. The molecule has 1 aliphatic rings. The van der Waals surface area contributed by atoms with Crippen molar-refractivity contribution in [1.29, 1.82) is 0 Å². The summed E-state index contributed by atoms with van der Waals surface area (Å²) in [6.07, 6.45) is 1.31. The number of aromatic hydroxyl groups is 1. The minimum atomic E-state index is -3.93. The standard InChI is InChI=1S/C13H16N2O5S/c1-2-10(16)5-3-9-4-6-11(12(17)7-9)15-8-13(18)14-21(15,19)20/h4,6-7,17H,2-3,5,8H2,1H3,(H,14,18). The van der Waals surface area contributed by atoms with Crippen LogP contribution in [0.3, 0.4) is 0 Å². The number of aryl methyl sites for hydroxylation is 1. The van der Waals surface area contributed by atoms with Crippen LogP contribution in [0.4, 0.5) is 5.69 Å². The molecule has 0 bridgehead atoms. The molecule has 1 aromatic rings. The Morgan fingerprint density at radius 1 is 1.43 bits per heavy atom. The molecule has 1 heterocycles. The summed E-state index contributed by atoms with van der Waals surface area (Å²) in [7, 11) is -3.93. The van der Waals surface area contributed by atoms with Crippen LogP contribution in [-0.2, 0) is 26.2 Å². The Balaban J connectivity index is 2.20. The van der Waals surface area contributed by atoms with Crippen LogP contribution < -0.4 is 9.03 Å². The number of hydrogen-bond acceptors (Lipinski definition) is 5. The van der Waals surface area contributed by atoms with Crippen LogP contribution >= 0.6 is 0 Å². The quantitative estimate of drug-likeness (QED) is 0.823. The van der Waals surface area contributed by atoms with E-state index < -0.39 is 16.1 Å². The van der Waals surface area contributed by atoms with Crippen LogP contribution in [0, 0.1) is 0 Å². The van der Waals surface area contributed by atoms with E-state index in [0.717, 1.165) is 9.87 Å². The third-order valence-electron chi connectivity index (χ3n) is 3.22. The van der Waals surface area contributed by atoms with Gasteiger partial charge in [0.05, 0.1) is 5.69 Å². The summed E-state index contributed by atoms with van der Waals surface area (Å²) in [4.78, 5) is 22.5. The number of nitrogens with zero attached hydrogens (tertiary/aromatic N) is 1. The van der Waals surface area contributed by atoms with Gasteiger partial charge in [0.25, 0.3) is 5.91 Å². The molecule has 0 spiro atoms. The average Bonchev–Trinajstić information content (AvgIpc) is 2.69. The maximum absolute atomic E-state index is 11.7. The molecule has 1 aromatic carbocycles. The lowest BCUT2D eigenvalue weighted by atomic mass is 10.1. The maximum Gasteiger partial charge on any atom is 0.326 e. The number of carbonyl (C=O) groups is 2. The first-order chi connectivity index (χ1) is 9.83. The second-order valence-electron chi connectivity index (χ2n) is 4.75. The molecule has 0 radical (unpaired) electrons. The highest BCUT2D eigenvalue weighted by atomic mass is 32.2. The first kappa shape index (κ1) is 15.3. The SMILES string of the molecule is CCC(=O)CCc1ccc(N2CC(=O)NS2(=O)=O)c(O)c1. The number of rotatable bonds is 5. The number of anilines is 1. The van der Waals surface area contributed by atoms with E-state index in [4.69, 9.17) is 0 Å². The van der Waals surface area contributed by atoms with Gasteiger partial charge >= 0.3 is 10.2 Å². The van der Waals surface area contributed by atoms with Crippen molar-refractivity contribution in [3.05, 3.63) is 23.8 Å². The van der Waals surface area contributed by atoms with Gasteiger partial charge in [-0.2, -0.15) is 8.42 Å². The predicted octanol–water partition coefficient (Wildman–Crippen LogP) is 0.485. The van der Waals surface area contributed by atoms with Gasteiger partial charge < -0.3 is 5.11 Å². The number of phenols is 1. The molecular weight excluding hydrogens is 296 g/mol. The Morgan fingerprint density at radius 3 is 2.67 bits per heavy atom. The third kappa shape index (κ3) is 3.33. The fourth-order valence-electron chi connectivity index (χ4n) is 2.06. The highest BCUT2D eigenvalue weighted by Crippen LogP contribution is 2.31. The Labute approximate surface area is 122 Å². The summed E-state index contributed by atoms with van der Waals surface area (Å²) in [5.41, 5.74) is 0.771. The summed E-state index contributed by atoms with van der Waals surface area (Å²) in [6.45, 7) is 1.43. The normalized spacial score (nSPS) is 16.8. The van der Waals surface area contributed by atoms with E-state index in [0.29, 0.717) is 19.3 Å². The molecule has 114 valence electrons. The summed E-state index contributed by atoms with van der Waals surface area (Å²) < 4.78 is 26.0. The Bertz CT molecular complexity index is 684. The van der Waals surface area contributed by atoms with Crippen molar-refractivity contribution in [2.45, 2.75) is 26.2 Å². The minimum Gasteiger partial charge on any atom is -0.506 e. The molecular formula is C13H16N2O5S. The van der Waals surface area contributed by atoms with E-state index in [1.165, 1.54) is 12.1 Å². The molecule has 1 saturated heterocycles. The summed E-state index contributed by atoms with van der Waals surface area (Å²) in [5.74, 6) is -0.765. The zero-order valence-electron chi connectivity index (χ0n) is 11.5. The van der Waals surface area contributed by atoms with Crippen molar-refractivity contribution >= 4 is 27.6 Å². The zero-order chi connectivity index (χ0) is 15.6. The van der Waals surface area contributed by atoms with E-state index in [1.807, 2.05) is 4.72 Å². The van der Waals surface area contributed by atoms with Gasteiger partial charge in [-0.25, -0.2) is 9.03 Å². The van der Waals surface area contributed by atoms with Crippen molar-refractivity contribution in [2.24, 2.45) is 0 Å². The predicted molar refractivity (Wildman–Crippen MR) is 76.1 cm³/mol. The first-order valence-corrected chi connectivity index (χ1v) is 7.94. The van der Waals surface area contributed by atoms with E-state index in [1.54, 1.807) is 13.0 Å². The van der Waals surface area contributed by atoms with Crippen molar-refractivity contribution in [1.82, 2.24) is 4.72 Å². The molecule has 0 saturated carbocycles. The number of Topliss-reactive ketones (excluding diaryl/α,β-unsaturated/α-hetero) is 1. The smallest absolute Gasteiger partial charge is 0.326 e.